The van der Waals surface area contributed by atoms with Crippen molar-refractivity contribution < 1.29 is 32.2 Å². The fraction of sp³-hybridized carbons (Fsp3) is 0.240. The van der Waals surface area contributed by atoms with Crippen molar-refractivity contribution in [3.8, 4) is 23.0 Å². The molecular weight excluding hydrogens is 472 g/mol. The van der Waals surface area contributed by atoms with Crippen LogP contribution in [0.15, 0.2) is 65.6 Å². The fourth-order valence-corrected chi connectivity index (χ4v) is 5.00. The smallest absolute Gasteiger partial charge is 0.264 e. The van der Waals surface area contributed by atoms with E-state index in [1.807, 2.05) is 6.92 Å². The second kappa shape index (κ2) is 10.1. The minimum Gasteiger partial charge on any atom is -0.497 e. The maximum Gasteiger partial charge on any atom is 0.264 e. The molecule has 1 N–H and O–H groups in total. The Hall–Kier alpha value is -3.92. The first kappa shape index (κ1) is 24.2. The summed E-state index contributed by atoms with van der Waals surface area (Å²) in [6, 6.07) is 16.5. The van der Waals surface area contributed by atoms with E-state index in [2.05, 4.69) is 5.32 Å². The van der Waals surface area contributed by atoms with Crippen LogP contribution in [0.25, 0.3) is 0 Å². The third-order valence-corrected chi connectivity index (χ3v) is 7.25. The Morgan fingerprint density at radius 1 is 0.971 bits per heavy atom. The zero-order valence-electron chi connectivity index (χ0n) is 19.6. The van der Waals surface area contributed by atoms with Gasteiger partial charge in [0.1, 0.15) is 18.0 Å². The Kier molecular flexibility index (Phi) is 7.02. The van der Waals surface area contributed by atoms with Crippen molar-refractivity contribution in [3.05, 3.63) is 71.8 Å². The molecule has 0 bridgehead atoms. The maximum absolute atomic E-state index is 13.6. The van der Waals surface area contributed by atoms with Crippen molar-refractivity contribution >= 4 is 21.6 Å². The number of carbonyl (C=O) groups is 1. The Bertz CT molecular complexity index is 1320. The standard InChI is InChI=1S/C25H26N2O7S/c1-17-4-8-20(9-5-17)35(29,30)27(21-10-7-19(31-2)13-23(21)32-3)15-25(28)26-14-18-6-11-22-24(12-18)34-16-33-22/h4-13H,14-16H2,1-3H3,(H,26,28). The number of ether oxygens (including phenoxy) is 4. The van der Waals surface area contributed by atoms with Crippen LogP contribution in [0.2, 0.25) is 0 Å². The van der Waals surface area contributed by atoms with Crippen LogP contribution in [-0.4, -0.2) is 41.9 Å². The zero-order valence-corrected chi connectivity index (χ0v) is 20.4. The quantitative estimate of drug-likeness (QED) is 0.483. The van der Waals surface area contributed by atoms with Crippen molar-refractivity contribution in [1.82, 2.24) is 5.32 Å². The van der Waals surface area contributed by atoms with Gasteiger partial charge in [0.25, 0.3) is 10.0 Å². The molecule has 3 aromatic rings. The van der Waals surface area contributed by atoms with Gasteiger partial charge in [0.05, 0.1) is 24.8 Å². The molecule has 10 heteroatoms. The van der Waals surface area contributed by atoms with Gasteiger partial charge in [-0.1, -0.05) is 23.8 Å². The Balaban J connectivity index is 1.61. The monoisotopic (exact) mass is 498 g/mol. The van der Waals surface area contributed by atoms with Gasteiger partial charge in [-0.2, -0.15) is 0 Å². The lowest BCUT2D eigenvalue weighted by Gasteiger charge is -2.26. The van der Waals surface area contributed by atoms with Gasteiger partial charge in [-0.15, -0.1) is 0 Å². The van der Waals surface area contributed by atoms with Crippen LogP contribution in [0.3, 0.4) is 0 Å². The number of hydrogen-bond donors (Lipinski definition) is 1. The van der Waals surface area contributed by atoms with E-state index in [1.165, 1.54) is 26.4 Å². The molecule has 0 aliphatic carbocycles. The summed E-state index contributed by atoms with van der Waals surface area (Å²) in [7, 11) is -1.17. The zero-order chi connectivity index (χ0) is 25.0. The highest BCUT2D eigenvalue weighted by Gasteiger charge is 2.29. The van der Waals surface area contributed by atoms with Crippen molar-refractivity contribution in [2.75, 3.05) is 31.9 Å². The van der Waals surface area contributed by atoms with Crippen molar-refractivity contribution in [3.63, 3.8) is 0 Å². The largest absolute Gasteiger partial charge is 0.497 e. The van der Waals surface area contributed by atoms with E-state index in [1.54, 1.807) is 48.5 Å². The molecule has 0 atom stereocenters. The summed E-state index contributed by atoms with van der Waals surface area (Å²) in [5.74, 6) is 1.50. The van der Waals surface area contributed by atoms with Gasteiger partial charge >= 0.3 is 0 Å². The van der Waals surface area contributed by atoms with E-state index in [-0.39, 0.29) is 29.7 Å². The molecule has 0 saturated carbocycles. The van der Waals surface area contributed by atoms with Crippen molar-refractivity contribution in [2.24, 2.45) is 0 Å². The van der Waals surface area contributed by atoms with E-state index in [0.717, 1.165) is 15.4 Å². The lowest BCUT2D eigenvalue weighted by Crippen LogP contribution is -2.40. The van der Waals surface area contributed by atoms with E-state index >= 15 is 0 Å². The first-order valence-electron chi connectivity index (χ1n) is 10.8. The van der Waals surface area contributed by atoms with Gasteiger partial charge in [0.15, 0.2) is 11.5 Å². The summed E-state index contributed by atoms with van der Waals surface area (Å²) in [4.78, 5) is 13.0. The highest BCUT2D eigenvalue weighted by Crippen LogP contribution is 2.35. The highest BCUT2D eigenvalue weighted by molar-refractivity contribution is 7.92. The molecule has 0 aromatic heterocycles. The molecule has 3 aromatic carbocycles. The summed E-state index contributed by atoms with van der Waals surface area (Å²) < 4.78 is 49.6. The molecule has 1 aliphatic heterocycles. The molecular formula is C25H26N2O7S. The van der Waals surface area contributed by atoms with Crippen molar-refractivity contribution in [1.29, 1.82) is 0 Å². The summed E-state index contributed by atoms with van der Waals surface area (Å²) in [5, 5.41) is 2.78. The summed E-state index contributed by atoms with van der Waals surface area (Å²) >= 11 is 0. The number of aryl methyl sites for hydroxylation is 1. The molecule has 0 saturated heterocycles. The number of fused-ring (bicyclic) bond motifs is 1. The predicted molar refractivity (Wildman–Crippen MR) is 130 cm³/mol. The fourth-order valence-electron chi connectivity index (χ4n) is 3.57. The molecule has 1 amide bonds. The average Bonchev–Trinajstić information content (AvgIpc) is 3.34. The molecule has 0 unspecified atom stereocenters. The second-order valence-corrected chi connectivity index (χ2v) is 9.69. The third kappa shape index (κ3) is 5.27. The van der Waals surface area contributed by atoms with Gasteiger partial charge in [-0.3, -0.25) is 9.10 Å². The van der Waals surface area contributed by atoms with E-state index < -0.39 is 22.5 Å². The number of nitrogens with zero attached hydrogens (tertiary/aromatic N) is 1. The summed E-state index contributed by atoms with van der Waals surface area (Å²) in [5.41, 5.74) is 1.92. The van der Waals surface area contributed by atoms with Gasteiger partial charge in [-0.25, -0.2) is 8.42 Å². The lowest BCUT2D eigenvalue weighted by molar-refractivity contribution is -0.119. The van der Waals surface area contributed by atoms with E-state index in [9.17, 15) is 13.2 Å². The van der Waals surface area contributed by atoms with E-state index in [0.29, 0.717) is 17.2 Å². The van der Waals surface area contributed by atoms with Gasteiger partial charge in [0, 0.05) is 12.6 Å². The first-order valence-corrected chi connectivity index (χ1v) is 12.2. The molecule has 1 heterocycles. The lowest BCUT2D eigenvalue weighted by atomic mass is 10.2. The van der Waals surface area contributed by atoms with Gasteiger partial charge in [-0.05, 0) is 48.9 Å². The molecule has 0 radical (unpaired) electrons. The van der Waals surface area contributed by atoms with Gasteiger partial charge in [0.2, 0.25) is 12.7 Å². The normalized spacial score (nSPS) is 12.2. The highest BCUT2D eigenvalue weighted by atomic mass is 32.2. The predicted octanol–water partition coefficient (Wildman–Crippen LogP) is 3.25. The number of amides is 1. The average molecular weight is 499 g/mol. The Morgan fingerprint density at radius 3 is 2.43 bits per heavy atom. The second-order valence-electron chi connectivity index (χ2n) is 7.83. The molecule has 0 spiro atoms. The van der Waals surface area contributed by atoms with Crippen molar-refractivity contribution in [2.45, 2.75) is 18.4 Å². The Morgan fingerprint density at radius 2 is 1.71 bits per heavy atom. The number of rotatable bonds is 9. The molecule has 9 nitrogen and oxygen atoms in total. The van der Waals surface area contributed by atoms with Crippen LogP contribution < -0.4 is 28.6 Å². The number of benzene rings is 3. The van der Waals surface area contributed by atoms with Crippen LogP contribution >= 0.6 is 0 Å². The van der Waals surface area contributed by atoms with Crippen LogP contribution in [-0.2, 0) is 21.4 Å². The maximum atomic E-state index is 13.6. The topological polar surface area (TPSA) is 103 Å². The summed E-state index contributed by atoms with van der Waals surface area (Å²) in [6.07, 6.45) is 0. The summed E-state index contributed by atoms with van der Waals surface area (Å²) in [6.45, 7) is 1.75. The van der Waals surface area contributed by atoms with Gasteiger partial charge < -0.3 is 24.3 Å². The molecule has 1 aliphatic rings. The minimum absolute atomic E-state index is 0.0598. The van der Waals surface area contributed by atoms with Crippen LogP contribution in [0.1, 0.15) is 11.1 Å². The Labute approximate surface area is 204 Å². The number of methoxy groups -OCH3 is 2. The molecule has 35 heavy (non-hydrogen) atoms. The van der Waals surface area contributed by atoms with Crippen LogP contribution in [0.4, 0.5) is 5.69 Å². The number of nitrogens with one attached hydrogen (secondary N) is 1. The number of anilines is 1. The SMILES string of the molecule is COc1ccc(N(CC(=O)NCc2ccc3c(c2)OCO3)S(=O)(=O)c2ccc(C)cc2)c(OC)c1. The first-order chi connectivity index (χ1) is 16.8. The van der Waals surface area contributed by atoms with E-state index in [4.69, 9.17) is 18.9 Å². The number of hydrogen-bond acceptors (Lipinski definition) is 7. The number of sulfonamides is 1. The molecule has 184 valence electrons. The number of carbonyl (C=O) groups excluding carboxylic acids is 1. The minimum atomic E-state index is -4.09. The third-order valence-electron chi connectivity index (χ3n) is 5.48. The molecule has 4 rings (SSSR count). The molecule has 0 fully saturated rings. The van der Waals surface area contributed by atoms with Crippen LogP contribution in [0, 0.1) is 6.92 Å². The van der Waals surface area contributed by atoms with Crippen LogP contribution in [0.5, 0.6) is 23.0 Å².